The second-order valence-corrected chi connectivity index (χ2v) is 22.5. The molecule has 2 heteroatoms. The van der Waals surface area contributed by atoms with Gasteiger partial charge in [-0.2, -0.15) is 0 Å². The monoisotopic (exact) mass is 742 g/mol. The summed E-state index contributed by atoms with van der Waals surface area (Å²) in [7, 11) is -1.17. The standard InChI is InChI=1S/C23H40Si.C20H31I/c1-8-13-22(19-24(5,6)7)21-16-12-15-20(18-21)14-10-9-11-17-23(2,3)4;1-5-10-19(16-21)18-13-9-12-17(15-18)11-7-6-8-14-20(2,3)4/h12,15-16,18-19H,8-11,13-14,17H2,1-7H3;9,12-13,15-16H,5-8,10-11,14H2,1-4H3/b22-19+;19-16+. The number of allylic oxidation sites excluding steroid dienone is 2. The molecule has 0 aliphatic heterocycles. The van der Waals surface area contributed by atoms with Crippen molar-refractivity contribution >= 4 is 41.8 Å². The van der Waals surface area contributed by atoms with Crippen molar-refractivity contribution in [2.75, 3.05) is 0 Å². The molecule has 45 heavy (non-hydrogen) atoms. The molecule has 254 valence electrons. The SMILES string of the molecule is CCC/C(=C\I)c1cccc(CCCCCC(C)(C)C)c1.CCC/C(=C\[Si](C)(C)C)c1cccc(CCCCCC(C)(C)C)c1. The van der Waals surface area contributed by atoms with Crippen LogP contribution in [-0.4, -0.2) is 8.07 Å². The normalized spacial score (nSPS) is 13.1. The van der Waals surface area contributed by atoms with Crippen molar-refractivity contribution in [1.82, 2.24) is 0 Å². The van der Waals surface area contributed by atoms with E-state index in [1.165, 1.54) is 118 Å². The van der Waals surface area contributed by atoms with Gasteiger partial charge in [-0.05, 0) is 99.7 Å². The summed E-state index contributed by atoms with van der Waals surface area (Å²) in [6.07, 6.45) is 18.0. The van der Waals surface area contributed by atoms with E-state index in [2.05, 4.69) is 156 Å². The minimum Gasteiger partial charge on any atom is -0.0913 e. The molecule has 2 rings (SSSR count). The van der Waals surface area contributed by atoms with Crippen LogP contribution in [0.4, 0.5) is 0 Å². The Kier molecular flexibility index (Phi) is 20.2. The van der Waals surface area contributed by atoms with Crippen LogP contribution in [0.25, 0.3) is 11.1 Å². The lowest BCUT2D eigenvalue weighted by atomic mass is 9.89. The number of hydrogen-bond donors (Lipinski definition) is 0. The summed E-state index contributed by atoms with van der Waals surface area (Å²) >= 11 is 2.37. The van der Waals surface area contributed by atoms with Gasteiger partial charge in [-0.25, -0.2) is 0 Å². The molecule has 2 aromatic rings. The van der Waals surface area contributed by atoms with E-state index in [9.17, 15) is 0 Å². The van der Waals surface area contributed by atoms with Gasteiger partial charge in [-0.15, -0.1) is 0 Å². The maximum Gasteiger partial charge on any atom is 0.0690 e. The van der Waals surface area contributed by atoms with E-state index >= 15 is 0 Å². The summed E-state index contributed by atoms with van der Waals surface area (Å²) in [4.78, 5) is 0. The van der Waals surface area contributed by atoms with Gasteiger partial charge in [-0.3, -0.25) is 0 Å². The van der Waals surface area contributed by atoms with Gasteiger partial charge in [-0.1, -0.05) is 190 Å². The first-order chi connectivity index (χ1) is 21.1. The molecule has 0 radical (unpaired) electrons. The predicted octanol–water partition coefficient (Wildman–Crippen LogP) is 15.3. The van der Waals surface area contributed by atoms with E-state index in [1.54, 1.807) is 5.57 Å². The van der Waals surface area contributed by atoms with Crippen LogP contribution in [0, 0.1) is 10.8 Å². The predicted molar refractivity (Wildman–Crippen MR) is 219 cm³/mol. The molecule has 0 N–H and O–H groups in total. The van der Waals surface area contributed by atoms with Gasteiger partial charge in [0.2, 0.25) is 0 Å². The lowest BCUT2D eigenvalue weighted by Crippen LogP contribution is -2.16. The highest BCUT2D eigenvalue weighted by molar-refractivity contribution is 14.1. The Morgan fingerprint density at radius 3 is 1.42 bits per heavy atom. The summed E-state index contributed by atoms with van der Waals surface area (Å²) in [5, 5.41) is 0. The molecule has 0 atom stereocenters. The van der Waals surface area contributed by atoms with Crippen LogP contribution >= 0.6 is 22.6 Å². The van der Waals surface area contributed by atoms with Crippen LogP contribution in [0.2, 0.25) is 19.6 Å². The molecule has 0 spiro atoms. The number of aryl methyl sites for hydroxylation is 2. The highest BCUT2D eigenvalue weighted by atomic mass is 127. The fourth-order valence-electron chi connectivity index (χ4n) is 5.80. The molecule has 0 heterocycles. The van der Waals surface area contributed by atoms with E-state index in [0.29, 0.717) is 10.8 Å². The van der Waals surface area contributed by atoms with E-state index in [4.69, 9.17) is 0 Å². The van der Waals surface area contributed by atoms with Crippen molar-refractivity contribution in [1.29, 1.82) is 0 Å². The molecule has 2 aromatic carbocycles. The molecule has 0 saturated heterocycles. The minimum absolute atomic E-state index is 0.483. The fraction of sp³-hybridized carbons (Fsp3) is 0.628. The van der Waals surface area contributed by atoms with Crippen LogP contribution in [0.1, 0.15) is 155 Å². The van der Waals surface area contributed by atoms with Crippen LogP contribution in [0.3, 0.4) is 0 Å². The third kappa shape index (κ3) is 21.4. The Morgan fingerprint density at radius 1 is 0.622 bits per heavy atom. The Balaban J connectivity index is 0.000000454. The average molecular weight is 743 g/mol. The van der Waals surface area contributed by atoms with Crippen molar-refractivity contribution in [3.05, 3.63) is 80.6 Å². The average Bonchev–Trinajstić information content (AvgIpc) is 2.94. The van der Waals surface area contributed by atoms with Crippen LogP contribution in [0.5, 0.6) is 0 Å². The zero-order chi connectivity index (χ0) is 33.9. The third-order valence-corrected chi connectivity index (χ3v) is 10.1. The molecule has 0 fully saturated rings. The molecule has 0 nitrogen and oxygen atoms in total. The number of unbranched alkanes of at least 4 members (excludes halogenated alkanes) is 4. The topological polar surface area (TPSA) is 0 Å². The van der Waals surface area contributed by atoms with Crippen molar-refractivity contribution in [3.8, 4) is 0 Å². The molecule has 0 amide bonds. The minimum atomic E-state index is -1.17. The van der Waals surface area contributed by atoms with E-state index < -0.39 is 8.07 Å². The Bertz CT molecular complexity index is 1130. The molecule has 0 bridgehead atoms. The highest BCUT2D eigenvalue weighted by Crippen LogP contribution is 2.27. The summed E-state index contributed by atoms with van der Waals surface area (Å²) in [5.74, 6) is 0. The summed E-state index contributed by atoms with van der Waals surface area (Å²) < 4.78 is 2.24. The second kappa shape index (κ2) is 21.7. The quantitative estimate of drug-likeness (QED) is 0.0860. The Morgan fingerprint density at radius 2 is 1.04 bits per heavy atom. The van der Waals surface area contributed by atoms with Crippen molar-refractivity contribution in [2.24, 2.45) is 10.8 Å². The Labute approximate surface area is 296 Å². The zero-order valence-corrected chi connectivity index (χ0v) is 34.7. The fourth-order valence-corrected chi connectivity index (χ4v) is 7.83. The van der Waals surface area contributed by atoms with Crippen LogP contribution < -0.4 is 0 Å². The lowest BCUT2D eigenvalue weighted by Gasteiger charge is -2.17. The first kappa shape index (κ1) is 41.9. The van der Waals surface area contributed by atoms with Gasteiger partial charge in [0.25, 0.3) is 0 Å². The molecule has 0 aromatic heterocycles. The zero-order valence-electron chi connectivity index (χ0n) is 31.6. The molecule has 0 aliphatic rings. The third-order valence-electron chi connectivity index (χ3n) is 8.16. The maximum absolute atomic E-state index is 2.60. The summed E-state index contributed by atoms with van der Waals surface area (Å²) in [6.45, 7) is 25.9. The number of halogens is 1. The number of rotatable bonds is 17. The first-order valence-electron chi connectivity index (χ1n) is 18.3. The van der Waals surface area contributed by atoms with Crippen molar-refractivity contribution < 1.29 is 0 Å². The van der Waals surface area contributed by atoms with Gasteiger partial charge in [0.1, 0.15) is 0 Å². The van der Waals surface area contributed by atoms with Crippen LogP contribution in [-0.2, 0) is 12.8 Å². The van der Waals surface area contributed by atoms with Gasteiger partial charge in [0.05, 0.1) is 8.07 Å². The molecule has 0 saturated carbocycles. The smallest absolute Gasteiger partial charge is 0.0690 e. The summed E-state index contributed by atoms with van der Waals surface area (Å²) in [5.41, 5.74) is 12.5. The second-order valence-electron chi connectivity index (χ2n) is 16.8. The van der Waals surface area contributed by atoms with Gasteiger partial charge in [0.15, 0.2) is 0 Å². The molecular formula is C43H71ISi. The summed E-state index contributed by atoms with van der Waals surface area (Å²) in [6, 6.07) is 18.5. The largest absolute Gasteiger partial charge is 0.0913 e. The van der Waals surface area contributed by atoms with Crippen molar-refractivity contribution in [2.45, 2.75) is 165 Å². The molecule has 0 aliphatic carbocycles. The Hall–Kier alpha value is -1.13. The van der Waals surface area contributed by atoms with E-state index in [-0.39, 0.29) is 0 Å². The first-order valence-corrected chi connectivity index (χ1v) is 23.1. The maximum atomic E-state index is 2.60. The molecule has 0 unspecified atom stereocenters. The van der Waals surface area contributed by atoms with E-state index in [1.807, 2.05) is 0 Å². The molecular weight excluding hydrogens is 671 g/mol. The lowest BCUT2D eigenvalue weighted by molar-refractivity contribution is 0.358. The highest BCUT2D eigenvalue weighted by Gasteiger charge is 2.13. The van der Waals surface area contributed by atoms with Gasteiger partial charge < -0.3 is 0 Å². The van der Waals surface area contributed by atoms with E-state index in [0.717, 1.165) is 0 Å². The number of benzene rings is 2. The van der Waals surface area contributed by atoms with Crippen molar-refractivity contribution in [3.63, 3.8) is 0 Å². The van der Waals surface area contributed by atoms with Gasteiger partial charge >= 0.3 is 0 Å². The van der Waals surface area contributed by atoms with Gasteiger partial charge in [0, 0.05) is 0 Å². The number of hydrogen-bond acceptors (Lipinski definition) is 0. The van der Waals surface area contributed by atoms with Crippen LogP contribution in [0.15, 0.2) is 58.3 Å².